The molecule has 4 nitrogen and oxygen atoms in total. The van der Waals surface area contributed by atoms with Crippen molar-refractivity contribution in [2.75, 3.05) is 6.61 Å². The van der Waals surface area contributed by atoms with Gasteiger partial charge in [-0.15, -0.1) is 0 Å². The lowest BCUT2D eigenvalue weighted by Crippen LogP contribution is -2.09. The Kier molecular flexibility index (Phi) is 12.1. The summed E-state index contributed by atoms with van der Waals surface area (Å²) in [5, 5.41) is 17.3. The minimum atomic E-state index is -1.17. The minimum Gasteiger partial charge on any atom is -0.466 e. The van der Waals surface area contributed by atoms with E-state index in [1.54, 1.807) is 0 Å². The number of unbranched alkanes of at least 4 members (excludes halogenated alkanes) is 5. The molecule has 0 rings (SSSR count). The molecule has 0 radical (unpaired) electrons. The van der Waals surface area contributed by atoms with Gasteiger partial charge in [-0.3, -0.25) is 4.79 Å². The van der Waals surface area contributed by atoms with Crippen LogP contribution in [0.15, 0.2) is 0 Å². The number of ether oxygens (including phenoxy) is 1. The van der Waals surface area contributed by atoms with E-state index < -0.39 is 7.12 Å². The van der Waals surface area contributed by atoms with Gasteiger partial charge in [-0.25, -0.2) is 0 Å². The molecule has 0 bridgehead atoms. The van der Waals surface area contributed by atoms with Crippen LogP contribution in [-0.4, -0.2) is 29.7 Å². The van der Waals surface area contributed by atoms with E-state index in [0.29, 0.717) is 25.3 Å². The third kappa shape index (κ3) is 15.4. The SMILES string of the molecule is CC(C)CCOC(=O)CCCCCCCCB(O)O. The molecule has 0 aliphatic heterocycles. The van der Waals surface area contributed by atoms with E-state index in [2.05, 4.69) is 13.8 Å². The Balaban J connectivity index is 3.18. The fourth-order valence-electron chi connectivity index (χ4n) is 1.78. The Hall–Kier alpha value is -0.545. The topological polar surface area (TPSA) is 66.8 Å². The second kappa shape index (κ2) is 12.5. The van der Waals surface area contributed by atoms with Gasteiger partial charge in [0.1, 0.15) is 0 Å². The second-order valence-corrected chi connectivity index (χ2v) is 5.54. The first-order chi connectivity index (χ1) is 9.02. The first-order valence-corrected chi connectivity index (χ1v) is 7.54. The highest BCUT2D eigenvalue weighted by Gasteiger charge is 2.05. The summed E-state index contributed by atoms with van der Waals surface area (Å²) in [4.78, 5) is 11.4. The van der Waals surface area contributed by atoms with Crippen molar-refractivity contribution in [3.05, 3.63) is 0 Å². The summed E-state index contributed by atoms with van der Waals surface area (Å²) in [6, 6.07) is 0. The number of rotatable bonds is 12. The Morgan fingerprint density at radius 1 is 1.05 bits per heavy atom. The first kappa shape index (κ1) is 18.5. The van der Waals surface area contributed by atoms with Crippen molar-refractivity contribution >= 4 is 13.1 Å². The summed E-state index contributed by atoms with van der Waals surface area (Å²) in [7, 11) is -1.17. The summed E-state index contributed by atoms with van der Waals surface area (Å²) in [6.45, 7) is 4.77. The highest BCUT2D eigenvalue weighted by Crippen LogP contribution is 2.10. The molecule has 0 aromatic rings. The molecule has 2 N–H and O–H groups in total. The molecule has 0 spiro atoms. The van der Waals surface area contributed by atoms with Gasteiger partial charge in [0, 0.05) is 6.42 Å². The van der Waals surface area contributed by atoms with Gasteiger partial charge in [0.15, 0.2) is 0 Å². The van der Waals surface area contributed by atoms with Crippen LogP contribution in [-0.2, 0) is 9.53 Å². The van der Waals surface area contributed by atoms with E-state index >= 15 is 0 Å². The summed E-state index contributed by atoms with van der Waals surface area (Å²) >= 11 is 0. The van der Waals surface area contributed by atoms with Crippen LogP contribution in [0, 0.1) is 5.92 Å². The Labute approximate surface area is 117 Å². The minimum absolute atomic E-state index is 0.0796. The van der Waals surface area contributed by atoms with Crippen LogP contribution >= 0.6 is 0 Å². The van der Waals surface area contributed by atoms with Gasteiger partial charge < -0.3 is 14.8 Å². The molecular formula is C14H29BO4. The predicted octanol–water partition coefficient (Wildman–Crippen LogP) is 2.78. The maximum atomic E-state index is 11.4. The van der Waals surface area contributed by atoms with Gasteiger partial charge in [0.25, 0.3) is 0 Å². The molecule has 5 heteroatoms. The Morgan fingerprint density at radius 2 is 1.63 bits per heavy atom. The van der Waals surface area contributed by atoms with Crippen molar-refractivity contribution in [2.45, 2.75) is 71.5 Å². The van der Waals surface area contributed by atoms with Gasteiger partial charge in [0.05, 0.1) is 6.61 Å². The lowest BCUT2D eigenvalue weighted by atomic mass is 9.83. The van der Waals surface area contributed by atoms with E-state index in [-0.39, 0.29) is 5.97 Å². The maximum Gasteiger partial charge on any atom is 0.451 e. The van der Waals surface area contributed by atoms with Crippen molar-refractivity contribution in [2.24, 2.45) is 5.92 Å². The van der Waals surface area contributed by atoms with Crippen molar-refractivity contribution in [3.8, 4) is 0 Å². The Morgan fingerprint density at radius 3 is 2.21 bits per heavy atom. The van der Waals surface area contributed by atoms with E-state index in [4.69, 9.17) is 14.8 Å². The molecule has 0 saturated carbocycles. The molecule has 112 valence electrons. The average Bonchev–Trinajstić information content (AvgIpc) is 2.31. The molecule has 0 saturated heterocycles. The zero-order chi connectivity index (χ0) is 14.5. The van der Waals surface area contributed by atoms with Gasteiger partial charge in [0.2, 0.25) is 0 Å². The van der Waals surface area contributed by atoms with Crippen LogP contribution in [0.4, 0.5) is 0 Å². The number of hydrogen-bond acceptors (Lipinski definition) is 4. The molecule has 0 amide bonds. The quantitative estimate of drug-likeness (QED) is 0.325. The fraction of sp³-hybridized carbons (Fsp3) is 0.929. The molecule has 0 aliphatic carbocycles. The number of carbonyl (C=O) groups is 1. The van der Waals surface area contributed by atoms with Gasteiger partial charge in [-0.1, -0.05) is 46.0 Å². The van der Waals surface area contributed by atoms with Crippen molar-refractivity contribution in [1.82, 2.24) is 0 Å². The molecule has 0 aromatic carbocycles. The normalized spacial score (nSPS) is 10.8. The standard InChI is InChI=1S/C14H29BO4/c1-13(2)10-12-19-14(16)9-7-5-3-4-6-8-11-15(17)18/h13,17-18H,3-12H2,1-2H3. The van der Waals surface area contributed by atoms with Crippen LogP contribution in [0.3, 0.4) is 0 Å². The highest BCUT2D eigenvalue weighted by atomic mass is 16.5. The molecule has 0 aliphatic rings. The fourth-order valence-corrected chi connectivity index (χ4v) is 1.78. The largest absolute Gasteiger partial charge is 0.466 e. The average molecular weight is 272 g/mol. The third-order valence-electron chi connectivity index (χ3n) is 3.05. The zero-order valence-electron chi connectivity index (χ0n) is 12.4. The van der Waals surface area contributed by atoms with Crippen molar-refractivity contribution in [3.63, 3.8) is 0 Å². The maximum absolute atomic E-state index is 11.4. The number of carbonyl (C=O) groups excluding carboxylic acids is 1. The van der Waals surface area contributed by atoms with Gasteiger partial charge >= 0.3 is 13.1 Å². The summed E-state index contributed by atoms with van der Waals surface area (Å²) in [5.41, 5.74) is 0. The Bertz CT molecular complexity index is 219. The van der Waals surface area contributed by atoms with E-state index in [9.17, 15) is 4.79 Å². The van der Waals surface area contributed by atoms with Crippen LogP contribution in [0.1, 0.15) is 65.2 Å². The molecule has 0 unspecified atom stereocenters. The van der Waals surface area contributed by atoms with Gasteiger partial charge in [-0.05, 0) is 25.1 Å². The summed E-state index contributed by atoms with van der Waals surface area (Å²) in [5.74, 6) is 0.495. The van der Waals surface area contributed by atoms with E-state index in [1.165, 1.54) is 0 Å². The highest BCUT2D eigenvalue weighted by molar-refractivity contribution is 6.40. The van der Waals surface area contributed by atoms with Crippen LogP contribution in [0.25, 0.3) is 0 Å². The second-order valence-electron chi connectivity index (χ2n) is 5.54. The molecular weight excluding hydrogens is 243 g/mol. The van der Waals surface area contributed by atoms with Crippen molar-refractivity contribution < 1.29 is 19.6 Å². The number of hydrogen-bond donors (Lipinski definition) is 2. The molecule has 0 heterocycles. The van der Waals surface area contributed by atoms with Crippen LogP contribution < -0.4 is 0 Å². The van der Waals surface area contributed by atoms with Crippen molar-refractivity contribution in [1.29, 1.82) is 0 Å². The molecule has 0 atom stereocenters. The van der Waals surface area contributed by atoms with Crippen LogP contribution in [0.2, 0.25) is 6.32 Å². The predicted molar refractivity (Wildman–Crippen MR) is 77.7 cm³/mol. The third-order valence-corrected chi connectivity index (χ3v) is 3.05. The molecule has 0 aromatic heterocycles. The van der Waals surface area contributed by atoms with E-state index in [0.717, 1.165) is 44.9 Å². The number of esters is 1. The summed E-state index contributed by atoms with van der Waals surface area (Å²) in [6.07, 6.45) is 7.92. The lowest BCUT2D eigenvalue weighted by molar-refractivity contribution is -0.144. The monoisotopic (exact) mass is 272 g/mol. The smallest absolute Gasteiger partial charge is 0.451 e. The van der Waals surface area contributed by atoms with Crippen LogP contribution in [0.5, 0.6) is 0 Å². The molecule has 0 fully saturated rings. The lowest BCUT2D eigenvalue weighted by Gasteiger charge is -2.06. The van der Waals surface area contributed by atoms with E-state index in [1.807, 2.05) is 0 Å². The first-order valence-electron chi connectivity index (χ1n) is 7.54. The zero-order valence-corrected chi connectivity index (χ0v) is 12.4. The molecule has 19 heavy (non-hydrogen) atoms. The summed E-state index contributed by atoms with van der Waals surface area (Å²) < 4.78 is 5.13. The van der Waals surface area contributed by atoms with Gasteiger partial charge in [-0.2, -0.15) is 0 Å².